The van der Waals surface area contributed by atoms with Crippen molar-refractivity contribution in [1.29, 1.82) is 0 Å². The Balaban J connectivity index is 2.61. The Bertz CT molecular complexity index is 689. The van der Waals surface area contributed by atoms with E-state index in [2.05, 4.69) is 4.98 Å². The number of aromatic nitrogens is 2. The minimum Gasteiger partial charge on any atom is -0.260 e. The second-order valence-electron chi connectivity index (χ2n) is 3.87. The van der Waals surface area contributed by atoms with Gasteiger partial charge in [-0.2, -0.15) is 8.78 Å². The van der Waals surface area contributed by atoms with Crippen LogP contribution in [0.5, 0.6) is 0 Å². The predicted octanol–water partition coefficient (Wildman–Crippen LogP) is 4.47. The van der Waals surface area contributed by atoms with Crippen LogP contribution in [0, 0.1) is 17.0 Å². The van der Waals surface area contributed by atoms with E-state index in [0.29, 0.717) is 4.57 Å². The van der Waals surface area contributed by atoms with E-state index < -0.39 is 11.5 Å². The first-order valence-corrected chi connectivity index (χ1v) is 6.05. The number of alkyl halides is 2. The van der Waals surface area contributed by atoms with Crippen molar-refractivity contribution in [1.82, 2.24) is 9.55 Å². The van der Waals surface area contributed by atoms with Crippen LogP contribution in [0.4, 0.5) is 14.5 Å². The summed E-state index contributed by atoms with van der Waals surface area (Å²) in [6, 6.07) is 3.87. The highest BCUT2D eigenvalue weighted by Gasteiger charge is 2.22. The van der Waals surface area contributed by atoms with E-state index >= 15 is 0 Å². The van der Waals surface area contributed by atoms with E-state index in [-0.39, 0.29) is 32.9 Å². The molecule has 0 aliphatic heterocycles. The normalized spacial score (nSPS) is 11.1. The van der Waals surface area contributed by atoms with Gasteiger partial charge in [-0.15, -0.1) is 0 Å². The summed E-state index contributed by atoms with van der Waals surface area (Å²) in [5, 5.41) is 10.5. The minimum absolute atomic E-state index is 0.0117. The monoisotopic (exact) mass is 321 g/mol. The highest BCUT2D eigenvalue weighted by Crippen LogP contribution is 2.35. The van der Waals surface area contributed by atoms with Gasteiger partial charge in [0.25, 0.3) is 5.69 Å². The minimum atomic E-state index is -2.84. The van der Waals surface area contributed by atoms with E-state index in [4.69, 9.17) is 23.2 Å². The fourth-order valence-electron chi connectivity index (χ4n) is 1.73. The lowest BCUT2D eigenvalue weighted by Gasteiger charge is -2.04. The van der Waals surface area contributed by atoms with Crippen molar-refractivity contribution >= 4 is 28.9 Å². The van der Waals surface area contributed by atoms with Crippen molar-refractivity contribution < 1.29 is 13.7 Å². The number of hydrogen-bond donors (Lipinski definition) is 0. The van der Waals surface area contributed by atoms with Crippen molar-refractivity contribution in [2.45, 2.75) is 13.5 Å². The summed E-state index contributed by atoms with van der Waals surface area (Å²) in [5.41, 5.74) is -0.0534. The summed E-state index contributed by atoms with van der Waals surface area (Å²) < 4.78 is 26.1. The average Bonchev–Trinajstić information content (AvgIpc) is 2.65. The summed E-state index contributed by atoms with van der Waals surface area (Å²) >= 11 is 11.5. The van der Waals surface area contributed by atoms with E-state index in [1.807, 2.05) is 0 Å². The summed E-state index contributed by atoms with van der Waals surface area (Å²) in [6.45, 7) is -1.47. The average molecular weight is 322 g/mol. The Morgan fingerprint density at radius 1 is 1.40 bits per heavy atom. The molecule has 20 heavy (non-hydrogen) atoms. The lowest BCUT2D eigenvalue weighted by atomic mass is 10.1. The maximum Gasteiger partial charge on any atom is 0.321 e. The molecule has 0 saturated carbocycles. The van der Waals surface area contributed by atoms with Gasteiger partial charge in [-0.3, -0.25) is 14.7 Å². The van der Waals surface area contributed by atoms with Crippen LogP contribution >= 0.6 is 23.2 Å². The Morgan fingerprint density at radius 2 is 2.05 bits per heavy atom. The summed E-state index contributed by atoms with van der Waals surface area (Å²) in [7, 11) is 0. The van der Waals surface area contributed by atoms with Gasteiger partial charge >= 0.3 is 6.55 Å². The molecule has 0 fully saturated rings. The van der Waals surface area contributed by atoms with Gasteiger partial charge in [-0.25, -0.2) is 4.98 Å². The second kappa shape index (κ2) is 5.34. The molecule has 0 spiro atoms. The van der Waals surface area contributed by atoms with Crippen molar-refractivity contribution in [2.24, 2.45) is 0 Å². The zero-order valence-corrected chi connectivity index (χ0v) is 11.5. The van der Waals surface area contributed by atoms with E-state index in [1.165, 1.54) is 19.1 Å². The molecule has 0 aliphatic carbocycles. The quantitative estimate of drug-likeness (QED) is 0.619. The van der Waals surface area contributed by atoms with Crippen LogP contribution < -0.4 is 0 Å². The van der Waals surface area contributed by atoms with Gasteiger partial charge in [-0.05, 0) is 13.0 Å². The number of nitro benzene ring substituents is 1. The third kappa shape index (κ3) is 2.46. The summed E-state index contributed by atoms with van der Waals surface area (Å²) in [6.07, 6.45) is 0. The maximum atomic E-state index is 12.8. The zero-order chi connectivity index (χ0) is 15.0. The highest BCUT2D eigenvalue weighted by molar-refractivity contribution is 6.33. The van der Waals surface area contributed by atoms with Crippen LogP contribution in [0.3, 0.4) is 0 Å². The lowest BCUT2D eigenvalue weighted by Crippen LogP contribution is -2.00. The first-order valence-electron chi connectivity index (χ1n) is 5.29. The molecule has 0 saturated heterocycles. The van der Waals surface area contributed by atoms with Crippen molar-refractivity contribution in [3.05, 3.63) is 44.3 Å². The van der Waals surface area contributed by atoms with Crippen LogP contribution in [-0.2, 0) is 0 Å². The SMILES string of the molecule is Cc1nc(-c2ccc(Cl)c([N+](=O)[O-])c2)c(Cl)n1C(F)F. The standard InChI is InChI=1S/C11H7Cl2F2N3O2/c1-5-16-9(10(13)17(5)11(14)15)6-2-3-7(12)8(4-6)18(19)20/h2-4,11H,1H3. The van der Waals surface area contributed by atoms with E-state index in [1.54, 1.807) is 0 Å². The number of imidazole rings is 1. The number of nitrogens with zero attached hydrogens (tertiary/aromatic N) is 3. The zero-order valence-electron chi connectivity index (χ0n) is 9.98. The summed E-state index contributed by atoms with van der Waals surface area (Å²) in [5.74, 6) is 0.0117. The molecule has 0 bridgehead atoms. The molecule has 1 aromatic carbocycles. The first-order chi connectivity index (χ1) is 9.32. The molecule has 0 N–H and O–H groups in total. The van der Waals surface area contributed by atoms with Crippen LogP contribution in [0.15, 0.2) is 18.2 Å². The molecular formula is C11H7Cl2F2N3O2. The smallest absolute Gasteiger partial charge is 0.260 e. The number of benzene rings is 1. The van der Waals surface area contributed by atoms with Crippen LogP contribution in [0.1, 0.15) is 12.4 Å². The second-order valence-corrected chi connectivity index (χ2v) is 4.63. The van der Waals surface area contributed by atoms with Gasteiger partial charge in [0.2, 0.25) is 0 Å². The number of rotatable bonds is 3. The number of nitro groups is 1. The van der Waals surface area contributed by atoms with Crippen LogP contribution in [0.2, 0.25) is 10.2 Å². The third-order valence-corrected chi connectivity index (χ3v) is 3.32. The molecule has 5 nitrogen and oxygen atoms in total. The van der Waals surface area contributed by atoms with Gasteiger partial charge in [0.15, 0.2) is 0 Å². The first kappa shape index (κ1) is 14.7. The molecule has 0 amide bonds. The maximum absolute atomic E-state index is 12.8. The topological polar surface area (TPSA) is 61.0 Å². The lowest BCUT2D eigenvalue weighted by molar-refractivity contribution is -0.384. The van der Waals surface area contributed by atoms with Gasteiger partial charge in [-0.1, -0.05) is 29.3 Å². The molecule has 0 atom stereocenters. The molecule has 0 unspecified atom stereocenters. The van der Waals surface area contributed by atoms with Crippen molar-refractivity contribution in [2.75, 3.05) is 0 Å². The number of halogens is 4. The van der Waals surface area contributed by atoms with E-state index in [9.17, 15) is 18.9 Å². The molecule has 0 aliphatic rings. The third-order valence-electron chi connectivity index (χ3n) is 2.64. The Labute approximate surface area is 121 Å². The molecule has 0 radical (unpaired) electrons. The van der Waals surface area contributed by atoms with Gasteiger partial charge in [0.1, 0.15) is 21.7 Å². The summed E-state index contributed by atoms with van der Waals surface area (Å²) in [4.78, 5) is 14.1. The van der Waals surface area contributed by atoms with Gasteiger partial charge < -0.3 is 0 Å². The molecule has 2 rings (SSSR count). The molecule has 9 heteroatoms. The number of aryl methyl sites for hydroxylation is 1. The largest absolute Gasteiger partial charge is 0.321 e. The van der Waals surface area contributed by atoms with Gasteiger partial charge in [0, 0.05) is 11.6 Å². The van der Waals surface area contributed by atoms with Crippen molar-refractivity contribution in [3.63, 3.8) is 0 Å². The fourth-order valence-corrected chi connectivity index (χ4v) is 2.26. The van der Waals surface area contributed by atoms with Crippen LogP contribution in [0.25, 0.3) is 11.3 Å². The van der Waals surface area contributed by atoms with Gasteiger partial charge in [0.05, 0.1) is 4.92 Å². The molecule has 2 aromatic rings. The molecule has 1 heterocycles. The molecule has 106 valence electrons. The highest BCUT2D eigenvalue weighted by atomic mass is 35.5. The Kier molecular flexibility index (Phi) is 3.92. The fraction of sp³-hybridized carbons (Fsp3) is 0.182. The Morgan fingerprint density at radius 3 is 2.55 bits per heavy atom. The molecule has 1 aromatic heterocycles. The van der Waals surface area contributed by atoms with Crippen molar-refractivity contribution in [3.8, 4) is 11.3 Å². The molecular weight excluding hydrogens is 315 g/mol. The predicted molar refractivity (Wildman–Crippen MR) is 70.3 cm³/mol. The van der Waals surface area contributed by atoms with Crippen LogP contribution in [-0.4, -0.2) is 14.5 Å². The number of hydrogen-bond acceptors (Lipinski definition) is 3. The Hall–Kier alpha value is -1.73. The van der Waals surface area contributed by atoms with E-state index in [0.717, 1.165) is 6.07 Å².